The maximum absolute atomic E-state index is 12.7. The SMILES string of the molecule is CCOc1cc(/C=C2/SC(=S)N(c3ccccc3)C2=O)cc(Cl)c1O. The highest BCUT2D eigenvalue weighted by atomic mass is 35.5. The molecule has 1 aliphatic rings. The van der Waals surface area contributed by atoms with Crippen molar-refractivity contribution in [3.8, 4) is 11.5 Å². The first-order chi connectivity index (χ1) is 12.0. The molecule has 3 rings (SSSR count). The monoisotopic (exact) mass is 391 g/mol. The van der Waals surface area contributed by atoms with Crippen LogP contribution in [-0.4, -0.2) is 21.9 Å². The number of amides is 1. The summed E-state index contributed by atoms with van der Waals surface area (Å²) in [5.74, 6) is -0.0272. The average molecular weight is 392 g/mol. The smallest absolute Gasteiger partial charge is 0.270 e. The van der Waals surface area contributed by atoms with Gasteiger partial charge < -0.3 is 9.84 Å². The van der Waals surface area contributed by atoms with E-state index in [-0.39, 0.29) is 22.4 Å². The number of hydrogen-bond donors (Lipinski definition) is 1. The summed E-state index contributed by atoms with van der Waals surface area (Å²) in [5.41, 5.74) is 1.38. The number of phenolic OH excluding ortho intramolecular Hbond substituents is 1. The molecular weight excluding hydrogens is 378 g/mol. The lowest BCUT2D eigenvalue weighted by atomic mass is 10.1. The molecule has 0 aromatic heterocycles. The van der Waals surface area contributed by atoms with Crippen molar-refractivity contribution >= 4 is 57.6 Å². The third-order valence-corrected chi connectivity index (χ3v) is 5.05. The number of benzene rings is 2. The van der Waals surface area contributed by atoms with E-state index in [1.807, 2.05) is 37.3 Å². The molecule has 0 bridgehead atoms. The molecule has 4 nitrogen and oxygen atoms in total. The van der Waals surface area contributed by atoms with E-state index in [0.29, 0.717) is 21.4 Å². The lowest BCUT2D eigenvalue weighted by molar-refractivity contribution is -0.113. The lowest BCUT2D eigenvalue weighted by Gasteiger charge is -2.13. The molecule has 2 aromatic carbocycles. The summed E-state index contributed by atoms with van der Waals surface area (Å²) < 4.78 is 5.84. The van der Waals surface area contributed by atoms with E-state index in [2.05, 4.69) is 0 Å². The van der Waals surface area contributed by atoms with Crippen LogP contribution in [0.1, 0.15) is 12.5 Å². The lowest BCUT2D eigenvalue weighted by Crippen LogP contribution is -2.27. The molecule has 1 fully saturated rings. The van der Waals surface area contributed by atoms with Crippen LogP contribution in [0.5, 0.6) is 11.5 Å². The summed E-state index contributed by atoms with van der Waals surface area (Å²) in [5, 5.41) is 10.1. The minimum atomic E-state index is -0.191. The number of anilines is 1. The number of carbonyl (C=O) groups excluding carboxylic acids is 1. The van der Waals surface area contributed by atoms with Crippen LogP contribution in [0.3, 0.4) is 0 Å². The second-order valence-electron chi connectivity index (χ2n) is 5.14. The molecule has 0 aliphatic carbocycles. The number of aromatic hydroxyl groups is 1. The van der Waals surface area contributed by atoms with Crippen molar-refractivity contribution in [3.05, 3.63) is 58.0 Å². The summed E-state index contributed by atoms with van der Waals surface area (Å²) in [7, 11) is 0. The van der Waals surface area contributed by atoms with Gasteiger partial charge in [-0.25, -0.2) is 0 Å². The van der Waals surface area contributed by atoms with Gasteiger partial charge in [0.2, 0.25) is 0 Å². The van der Waals surface area contributed by atoms with Crippen molar-refractivity contribution in [2.45, 2.75) is 6.92 Å². The largest absolute Gasteiger partial charge is 0.503 e. The van der Waals surface area contributed by atoms with Crippen LogP contribution in [0.4, 0.5) is 5.69 Å². The first kappa shape index (κ1) is 17.8. The fraction of sp³-hybridized carbons (Fsp3) is 0.111. The first-order valence-electron chi connectivity index (χ1n) is 7.49. The van der Waals surface area contributed by atoms with Crippen LogP contribution in [0.15, 0.2) is 47.4 Å². The molecule has 1 amide bonds. The van der Waals surface area contributed by atoms with Crippen molar-refractivity contribution in [3.63, 3.8) is 0 Å². The predicted molar refractivity (Wildman–Crippen MR) is 106 cm³/mol. The number of thiocarbonyl (C=S) groups is 1. The molecule has 2 aromatic rings. The van der Waals surface area contributed by atoms with Gasteiger partial charge in [-0.05, 0) is 42.8 Å². The van der Waals surface area contributed by atoms with Crippen LogP contribution in [-0.2, 0) is 4.79 Å². The molecule has 1 aliphatic heterocycles. The Balaban J connectivity index is 1.95. The maximum Gasteiger partial charge on any atom is 0.270 e. The number of para-hydroxylation sites is 1. The van der Waals surface area contributed by atoms with Crippen LogP contribution in [0.2, 0.25) is 5.02 Å². The standard InChI is InChI=1S/C18H14ClNO3S2/c1-2-23-14-9-11(8-13(19)16(14)21)10-15-17(22)20(18(24)25-15)12-6-4-3-5-7-12/h3-10,21H,2H2,1H3/b15-10+. The molecule has 7 heteroatoms. The molecule has 128 valence electrons. The molecule has 0 spiro atoms. The zero-order valence-electron chi connectivity index (χ0n) is 13.2. The van der Waals surface area contributed by atoms with Gasteiger partial charge in [0, 0.05) is 0 Å². The summed E-state index contributed by atoms with van der Waals surface area (Å²) in [4.78, 5) is 14.7. The second kappa shape index (κ2) is 7.47. The van der Waals surface area contributed by atoms with Gasteiger partial charge in [-0.3, -0.25) is 9.69 Å². The van der Waals surface area contributed by atoms with E-state index < -0.39 is 0 Å². The number of nitrogens with zero attached hydrogens (tertiary/aromatic N) is 1. The van der Waals surface area contributed by atoms with Crippen LogP contribution in [0, 0.1) is 0 Å². The zero-order valence-corrected chi connectivity index (χ0v) is 15.6. The average Bonchev–Trinajstić information content (AvgIpc) is 2.87. The fourth-order valence-electron chi connectivity index (χ4n) is 2.36. The van der Waals surface area contributed by atoms with Crippen LogP contribution < -0.4 is 9.64 Å². The Bertz CT molecular complexity index is 868. The minimum Gasteiger partial charge on any atom is -0.503 e. The Kier molecular flexibility index (Phi) is 5.32. The van der Waals surface area contributed by atoms with Crippen LogP contribution in [0.25, 0.3) is 6.08 Å². The summed E-state index contributed by atoms with van der Waals surface area (Å²) >= 11 is 12.6. The summed E-state index contributed by atoms with van der Waals surface area (Å²) in [6, 6.07) is 12.5. The second-order valence-corrected chi connectivity index (χ2v) is 7.22. The third kappa shape index (κ3) is 3.66. The topological polar surface area (TPSA) is 49.8 Å². The van der Waals surface area contributed by atoms with Gasteiger partial charge in [-0.15, -0.1) is 0 Å². The van der Waals surface area contributed by atoms with Crippen molar-refractivity contribution in [1.82, 2.24) is 0 Å². The molecule has 0 radical (unpaired) electrons. The Morgan fingerprint density at radius 3 is 2.72 bits per heavy atom. The predicted octanol–water partition coefficient (Wildman–Crippen LogP) is 4.85. The Morgan fingerprint density at radius 1 is 1.32 bits per heavy atom. The van der Waals surface area contributed by atoms with E-state index in [1.165, 1.54) is 16.7 Å². The first-order valence-corrected chi connectivity index (χ1v) is 9.10. The van der Waals surface area contributed by atoms with Gasteiger partial charge in [0.05, 0.1) is 22.2 Å². The highest BCUT2D eigenvalue weighted by Crippen LogP contribution is 2.39. The number of halogens is 1. The molecule has 0 saturated carbocycles. The number of hydrogen-bond acceptors (Lipinski definition) is 5. The Hall–Kier alpha value is -2.02. The quantitative estimate of drug-likeness (QED) is 0.596. The van der Waals surface area contributed by atoms with Crippen molar-refractivity contribution in [2.24, 2.45) is 0 Å². The normalized spacial score (nSPS) is 15.9. The highest BCUT2D eigenvalue weighted by molar-refractivity contribution is 8.27. The van der Waals surface area contributed by atoms with Gasteiger partial charge >= 0.3 is 0 Å². The number of ether oxygens (including phenoxy) is 1. The summed E-state index contributed by atoms with van der Waals surface area (Å²) in [6.45, 7) is 2.20. The van der Waals surface area contributed by atoms with E-state index >= 15 is 0 Å². The Labute approximate surface area is 160 Å². The Morgan fingerprint density at radius 2 is 2.04 bits per heavy atom. The van der Waals surface area contributed by atoms with E-state index in [1.54, 1.807) is 18.2 Å². The number of carbonyl (C=O) groups is 1. The number of thioether (sulfide) groups is 1. The molecule has 0 unspecified atom stereocenters. The highest BCUT2D eigenvalue weighted by Gasteiger charge is 2.33. The molecule has 25 heavy (non-hydrogen) atoms. The summed E-state index contributed by atoms with van der Waals surface area (Å²) in [6.07, 6.45) is 1.69. The van der Waals surface area contributed by atoms with Crippen molar-refractivity contribution in [2.75, 3.05) is 11.5 Å². The third-order valence-electron chi connectivity index (χ3n) is 3.46. The molecule has 1 N–H and O–H groups in total. The van der Waals surface area contributed by atoms with E-state index in [0.717, 1.165) is 5.69 Å². The molecular formula is C18H14ClNO3S2. The van der Waals surface area contributed by atoms with Crippen LogP contribution >= 0.6 is 35.6 Å². The van der Waals surface area contributed by atoms with Crippen molar-refractivity contribution in [1.29, 1.82) is 0 Å². The molecule has 1 saturated heterocycles. The number of rotatable bonds is 4. The maximum atomic E-state index is 12.7. The minimum absolute atomic E-state index is 0.113. The van der Waals surface area contributed by atoms with Crippen molar-refractivity contribution < 1.29 is 14.6 Å². The fourth-order valence-corrected chi connectivity index (χ4v) is 3.88. The molecule has 0 atom stereocenters. The molecule has 1 heterocycles. The van der Waals surface area contributed by atoms with Gasteiger partial charge in [0.1, 0.15) is 0 Å². The number of phenols is 1. The van der Waals surface area contributed by atoms with E-state index in [9.17, 15) is 9.90 Å². The van der Waals surface area contributed by atoms with Gasteiger partial charge in [0.25, 0.3) is 5.91 Å². The zero-order chi connectivity index (χ0) is 18.0. The van der Waals surface area contributed by atoms with Gasteiger partial charge in [0.15, 0.2) is 15.8 Å². The van der Waals surface area contributed by atoms with E-state index in [4.69, 9.17) is 28.6 Å². The van der Waals surface area contributed by atoms with Gasteiger partial charge in [-0.1, -0.05) is 53.8 Å². The van der Waals surface area contributed by atoms with Gasteiger partial charge in [-0.2, -0.15) is 0 Å².